The standard InChI is InChI=1S/C29H23FN4O/c1-20-7-5-6-10-26(20)29(35)31-25-17-13-22(14-18-25)27-32-28(23-8-3-2-4-9-23)34(33-27)19-21-11-15-24(30)16-12-21/h2-18H,19H2,1H3,(H,31,35). The first kappa shape index (κ1) is 22.2. The smallest absolute Gasteiger partial charge is 0.255 e. The molecule has 35 heavy (non-hydrogen) atoms. The highest BCUT2D eigenvalue weighted by Gasteiger charge is 2.15. The molecule has 5 aromatic rings. The van der Waals surface area contributed by atoms with Crippen molar-refractivity contribution in [1.29, 1.82) is 0 Å². The number of rotatable bonds is 6. The third-order valence-corrected chi connectivity index (χ3v) is 5.74. The fraction of sp³-hybridized carbons (Fsp3) is 0.0690. The van der Waals surface area contributed by atoms with Gasteiger partial charge in [0.25, 0.3) is 5.91 Å². The Labute approximate surface area is 202 Å². The zero-order valence-corrected chi connectivity index (χ0v) is 19.1. The van der Waals surface area contributed by atoms with Gasteiger partial charge in [0.2, 0.25) is 0 Å². The van der Waals surface area contributed by atoms with E-state index < -0.39 is 0 Å². The van der Waals surface area contributed by atoms with Crippen LogP contribution in [0.4, 0.5) is 10.1 Å². The maximum absolute atomic E-state index is 13.4. The molecule has 0 saturated heterocycles. The summed E-state index contributed by atoms with van der Waals surface area (Å²) in [5, 5.41) is 7.69. The quantitative estimate of drug-likeness (QED) is 0.319. The molecule has 4 aromatic carbocycles. The zero-order valence-electron chi connectivity index (χ0n) is 19.1. The number of carbonyl (C=O) groups excluding carboxylic acids is 1. The number of nitrogens with one attached hydrogen (secondary N) is 1. The second kappa shape index (κ2) is 9.73. The lowest BCUT2D eigenvalue weighted by atomic mass is 10.1. The van der Waals surface area contributed by atoms with Gasteiger partial charge in [-0.15, -0.1) is 0 Å². The van der Waals surface area contributed by atoms with Crippen LogP contribution < -0.4 is 5.32 Å². The molecule has 0 saturated carbocycles. The van der Waals surface area contributed by atoms with Crippen LogP contribution in [0.1, 0.15) is 21.5 Å². The Morgan fingerprint density at radius 2 is 1.51 bits per heavy atom. The van der Waals surface area contributed by atoms with Gasteiger partial charge in [0, 0.05) is 22.4 Å². The lowest BCUT2D eigenvalue weighted by Gasteiger charge is -2.08. The minimum absolute atomic E-state index is 0.149. The van der Waals surface area contributed by atoms with Gasteiger partial charge in [0.1, 0.15) is 5.82 Å². The maximum atomic E-state index is 13.4. The van der Waals surface area contributed by atoms with Gasteiger partial charge in [-0.25, -0.2) is 14.1 Å². The third kappa shape index (κ3) is 5.01. The van der Waals surface area contributed by atoms with Gasteiger partial charge in [0.05, 0.1) is 6.54 Å². The summed E-state index contributed by atoms with van der Waals surface area (Å²) in [5.74, 6) is 0.874. The van der Waals surface area contributed by atoms with E-state index in [0.717, 1.165) is 28.1 Å². The second-order valence-corrected chi connectivity index (χ2v) is 8.26. The topological polar surface area (TPSA) is 59.8 Å². The monoisotopic (exact) mass is 462 g/mol. The van der Waals surface area contributed by atoms with Gasteiger partial charge >= 0.3 is 0 Å². The largest absolute Gasteiger partial charge is 0.322 e. The summed E-state index contributed by atoms with van der Waals surface area (Å²) in [6, 6.07) is 31.2. The number of hydrogen-bond acceptors (Lipinski definition) is 3. The molecule has 1 amide bonds. The van der Waals surface area contributed by atoms with Crippen molar-refractivity contribution in [1.82, 2.24) is 14.8 Å². The van der Waals surface area contributed by atoms with Gasteiger partial charge in [0.15, 0.2) is 11.6 Å². The highest BCUT2D eigenvalue weighted by molar-refractivity contribution is 6.05. The average Bonchev–Trinajstić information content (AvgIpc) is 3.30. The van der Waals surface area contributed by atoms with Crippen molar-refractivity contribution >= 4 is 11.6 Å². The van der Waals surface area contributed by atoms with Crippen LogP contribution in [0.25, 0.3) is 22.8 Å². The van der Waals surface area contributed by atoms with Crippen LogP contribution in [-0.2, 0) is 6.54 Å². The highest BCUT2D eigenvalue weighted by Crippen LogP contribution is 2.25. The summed E-state index contributed by atoms with van der Waals surface area (Å²) in [7, 11) is 0. The first-order valence-electron chi connectivity index (χ1n) is 11.3. The Bertz CT molecular complexity index is 1460. The van der Waals surface area contributed by atoms with E-state index in [1.807, 2.05) is 90.5 Å². The molecule has 0 aliphatic carbocycles. The molecule has 0 unspecified atom stereocenters. The number of aromatic nitrogens is 3. The van der Waals surface area contributed by atoms with E-state index in [4.69, 9.17) is 10.1 Å². The van der Waals surface area contributed by atoms with Crippen LogP contribution in [0.3, 0.4) is 0 Å². The van der Waals surface area contributed by atoms with E-state index >= 15 is 0 Å². The van der Waals surface area contributed by atoms with Crippen molar-refractivity contribution in [2.24, 2.45) is 0 Å². The van der Waals surface area contributed by atoms with Crippen molar-refractivity contribution in [3.8, 4) is 22.8 Å². The van der Waals surface area contributed by atoms with E-state index in [1.165, 1.54) is 12.1 Å². The molecule has 1 aromatic heterocycles. The number of aryl methyl sites for hydroxylation is 1. The molecule has 0 fully saturated rings. The summed E-state index contributed by atoms with van der Waals surface area (Å²) in [6.07, 6.45) is 0. The lowest BCUT2D eigenvalue weighted by Crippen LogP contribution is -2.13. The summed E-state index contributed by atoms with van der Waals surface area (Å²) in [6.45, 7) is 2.37. The van der Waals surface area contributed by atoms with Gasteiger partial charge in [-0.2, -0.15) is 5.10 Å². The Morgan fingerprint density at radius 3 is 2.23 bits per heavy atom. The van der Waals surface area contributed by atoms with Crippen LogP contribution in [-0.4, -0.2) is 20.7 Å². The van der Waals surface area contributed by atoms with E-state index in [2.05, 4.69) is 5.32 Å². The van der Waals surface area contributed by atoms with Crippen molar-refractivity contribution in [3.63, 3.8) is 0 Å². The summed E-state index contributed by atoms with van der Waals surface area (Å²) < 4.78 is 15.2. The van der Waals surface area contributed by atoms with E-state index in [-0.39, 0.29) is 11.7 Å². The molecular weight excluding hydrogens is 439 g/mol. The van der Waals surface area contributed by atoms with Gasteiger partial charge in [-0.3, -0.25) is 4.79 Å². The molecule has 5 rings (SSSR count). The van der Waals surface area contributed by atoms with E-state index in [9.17, 15) is 9.18 Å². The maximum Gasteiger partial charge on any atom is 0.255 e. The molecule has 1 N–H and O–H groups in total. The number of hydrogen-bond donors (Lipinski definition) is 1. The van der Waals surface area contributed by atoms with E-state index in [0.29, 0.717) is 23.6 Å². The van der Waals surface area contributed by atoms with Crippen molar-refractivity contribution in [2.75, 3.05) is 5.32 Å². The number of carbonyl (C=O) groups is 1. The molecule has 0 aliphatic heterocycles. The Kier molecular flexibility index (Phi) is 6.18. The first-order valence-corrected chi connectivity index (χ1v) is 11.3. The minimum atomic E-state index is -0.272. The number of halogens is 1. The normalized spacial score (nSPS) is 10.8. The molecule has 5 nitrogen and oxygen atoms in total. The Hall–Kier alpha value is -4.58. The number of benzene rings is 4. The molecule has 0 radical (unpaired) electrons. The average molecular weight is 463 g/mol. The lowest BCUT2D eigenvalue weighted by molar-refractivity contribution is 0.102. The molecule has 6 heteroatoms. The van der Waals surface area contributed by atoms with E-state index in [1.54, 1.807) is 12.1 Å². The van der Waals surface area contributed by atoms with Crippen LogP contribution in [0.5, 0.6) is 0 Å². The molecular formula is C29H23FN4O. The van der Waals surface area contributed by atoms with Crippen LogP contribution in [0.15, 0.2) is 103 Å². The highest BCUT2D eigenvalue weighted by atomic mass is 19.1. The van der Waals surface area contributed by atoms with Crippen molar-refractivity contribution in [3.05, 3.63) is 126 Å². The first-order chi connectivity index (χ1) is 17.1. The van der Waals surface area contributed by atoms with Gasteiger partial charge in [-0.1, -0.05) is 60.7 Å². The van der Waals surface area contributed by atoms with Crippen molar-refractivity contribution < 1.29 is 9.18 Å². The Balaban J connectivity index is 1.42. The van der Waals surface area contributed by atoms with Gasteiger partial charge < -0.3 is 5.32 Å². The van der Waals surface area contributed by atoms with Gasteiger partial charge in [-0.05, 0) is 60.5 Å². The molecule has 0 atom stereocenters. The van der Waals surface area contributed by atoms with Crippen LogP contribution in [0, 0.1) is 12.7 Å². The predicted molar refractivity (Wildman–Crippen MR) is 136 cm³/mol. The number of nitrogens with zero attached hydrogens (tertiary/aromatic N) is 3. The summed E-state index contributed by atoms with van der Waals surface area (Å²) >= 11 is 0. The fourth-order valence-electron chi connectivity index (χ4n) is 3.87. The zero-order chi connectivity index (χ0) is 24.2. The summed E-state index contributed by atoms with van der Waals surface area (Å²) in [5.41, 5.74) is 4.95. The molecule has 1 heterocycles. The molecule has 0 bridgehead atoms. The molecule has 0 spiro atoms. The van der Waals surface area contributed by atoms with Crippen LogP contribution >= 0.6 is 0 Å². The molecule has 172 valence electrons. The third-order valence-electron chi connectivity index (χ3n) is 5.74. The summed E-state index contributed by atoms with van der Waals surface area (Å²) in [4.78, 5) is 17.4. The van der Waals surface area contributed by atoms with Crippen molar-refractivity contribution in [2.45, 2.75) is 13.5 Å². The second-order valence-electron chi connectivity index (χ2n) is 8.26. The molecule has 0 aliphatic rings. The van der Waals surface area contributed by atoms with Crippen LogP contribution in [0.2, 0.25) is 0 Å². The SMILES string of the molecule is Cc1ccccc1C(=O)Nc1ccc(-c2nc(-c3ccccc3)n(Cc3ccc(F)cc3)n2)cc1. The number of anilines is 1. The Morgan fingerprint density at radius 1 is 0.829 bits per heavy atom. The fourth-order valence-corrected chi connectivity index (χ4v) is 3.87. The predicted octanol–water partition coefficient (Wildman–Crippen LogP) is 6.36. The number of amides is 1. The minimum Gasteiger partial charge on any atom is -0.322 e.